The molecule has 3 aromatic carbocycles. The van der Waals surface area contributed by atoms with E-state index in [0.717, 1.165) is 39.7 Å². The number of aryl methyl sites for hydroxylation is 1. The molecule has 162 valence electrons. The molecule has 1 saturated heterocycles. The summed E-state index contributed by atoms with van der Waals surface area (Å²) < 4.78 is 46.5. The first-order valence-corrected chi connectivity index (χ1v) is 10.2. The molecule has 1 aliphatic heterocycles. The van der Waals surface area contributed by atoms with E-state index in [1.165, 1.54) is 17.7 Å². The molecule has 2 heterocycles. The zero-order valence-electron chi connectivity index (χ0n) is 17.3. The second kappa shape index (κ2) is 7.75. The molecular formula is C25H20F3N3O. The fraction of sp³-hybridized carbons (Fsp3) is 0.160. The molecule has 0 atom stereocenters. The third-order valence-electron chi connectivity index (χ3n) is 5.45. The van der Waals surface area contributed by atoms with Crippen molar-refractivity contribution in [1.82, 2.24) is 15.1 Å². The molecule has 0 amide bonds. The molecule has 0 radical (unpaired) electrons. The highest BCUT2D eigenvalue weighted by molar-refractivity contribution is 5.93. The van der Waals surface area contributed by atoms with Crippen molar-refractivity contribution in [2.75, 3.05) is 6.61 Å². The number of fused-ring (bicyclic) bond motifs is 1. The number of hydrogen-bond donors (Lipinski definition) is 1. The van der Waals surface area contributed by atoms with Crippen LogP contribution in [0.25, 0.3) is 22.3 Å². The van der Waals surface area contributed by atoms with Gasteiger partial charge in [0.15, 0.2) is 5.76 Å². The molecule has 5 rings (SSSR count). The monoisotopic (exact) mass is 435 g/mol. The van der Waals surface area contributed by atoms with Crippen LogP contribution in [-0.2, 0) is 17.5 Å². The Kier molecular flexibility index (Phi) is 4.89. The number of aromatic nitrogens is 2. The van der Waals surface area contributed by atoms with Crippen LogP contribution in [-0.4, -0.2) is 16.4 Å². The van der Waals surface area contributed by atoms with Gasteiger partial charge in [-0.2, -0.15) is 18.3 Å². The molecule has 4 nitrogen and oxygen atoms in total. The molecule has 0 bridgehead atoms. The zero-order valence-corrected chi connectivity index (χ0v) is 17.3. The summed E-state index contributed by atoms with van der Waals surface area (Å²) in [4.78, 5) is 0. The Morgan fingerprint density at radius 1 is 1.06 bits per heavy atom. The molecule has 0 aliphatic carbocycles. The normalized spacial score (nSPS) is 14.9. The van der Waals surface area contributed by atoms with Crippen molar-refractivity contribution in [2.45, 2.75) is 19.6 Å². The van der Waals surface area contributed by atoms with E-state index < -0.39 is 11.7 Å². The molecule has 1 N–H and O–H groups in total. The fourth-order valence-corrected chi connectivity index (χ4v) is 3.73. The second-order valence-corrected chi connectivity index (χ2v) is 7.77. The average Bonchev–Trinajstić information content (AvgIpc) is 3.52. The van der Waals surface area contributed by atoms with Gasteiger partial charge in [-0.15, -0.1) is 0 Å². The van der Waals surface area contributed by atoms with E-state index in [1.54, 1.807) is 12.3 Å². The van der Waals surface area contributed by atoms with E-state index in [2.05, 4.69) is 10.4 Å². The lowest BCUT2D eigenvalue weighted by molar-refractivity contribution is -0.137. The number of nitrogens with one attached hydrogen (secondary N) is 1. The van der Waals surface area contributed by atoms with E-state index in [9.17, 15) is 13.2 Å². The minimum atomic E-state index is -4.37. The summed E-state index contributed by atoms with van der Waals surface area (Å²) in [5.74, 6) is 0.785. The van der Waals surface area contributed by atoms with Gasteiger partial charge in [-0.3, -0.25) is 0 Å². The predicted octanol–water partition coefficient (Wildman–Crippen LogP) is 5.84. The van der Waals surface area contributed by atoms with Gasteiger partial charge in [0.2, 0.25) is 0 Å². The molecule has 1 aliphatic rings. The maximum absolute atomic E-state index is 13.0. The Morgan fingerprint density at radius 3 is 2.53 bits per heavy atom. The van der Waals surface area contributed by atoms with E-state index in [4.69, 9.17) is 4.74 Å². The highest BCUT2D eigenvalue weighted by Crippen LogP contribution is 2.33. The third kappa shape index (κ3) is 3.93. The van der Waals surface area contributed by atoms with Gasteiger partial charge in [0.1, 0.15) is 6.61 Å². The second-order valence-electron chi connectivity index (χ2n) is 7.77. The van der Waals surface area contributed by atoms with E-state index >= 15 is 0 Å². The number of benzene rings is 3. The molecule has 1 aromatic heterocycles. The summed E-state index contributed by atoms with van der Waals surface area (Å²) in [6.45, 7) is 2.77. The number of halogens is 3. The molecule has 1 fully saturated rings. The van der Waals surface area contributed by atoms with Crippen LogP contribution < -0.4 is 5.32 Å². The highest BCUT2D eigenvalue weighted by atomic mass is 19.4. The lowest BCUT2D eigenvalue weighted by Crippen LogP contribution is -2.14. The quantitative estimate of drug-likeness (QED) is 0.401. The molecule has 32 heavy (non-hydrogen) atoms. The van der Waals surface area contributed by atoms with Crippen molar-refractivity contribution in [3.8, 4) is 5.69 Å². The number of rotatable bonds is 5. The molecular weight excluding hydrogens is 415 g/mol. The fourth-order valence-electron chi connectivity index (χ4n) is 3.73. The van der Waals surface area contributed by atoms with Crippen molar-refractivity contribution in [2.24, 2.45) is 0 Å². The molecule has 7 heteroatoms. The maximum Gasteiger partial charge on any atom is 0.416 e. The number of hydrogen-bond acceptors (Lipinski definition) is 3. The summed E-state index contributed by atoms with van der Waals surface area (Å²) in [5.41, 5.74) is 4.62. The average molecular weight is 435 g/mol. The molecule has 0 saturated carbocycles. The maximum atomic E-state index is 13.0. The molecule has 0 spiro atoms. The van der Waals surface area contributed by atoms with Crippen LogP contribution in [0, 0.1) is 6.92 Å². The van der Waals surface area contributed by atoms with Gasteiger partial charge in [0.25, 0.3) is 0 Å². The molecule has 4 aromatic rings. The smallest absolute Gasteiger partial charge is 0.416 e. The van der Waals surface area contributed by atoms with E-state index in [0.29, 0.717) is 12.2 Å². The lowest BCUT2D eigenvalue weighted by Gasteiger charge is -2.13. The minimum absolute atomic E-state index is 0.245. The van der Waals surface area contributed by atoms with Crippen LogP contribution in [0.15, 0.2) is 78.7 Å². The van der Waals surface area contributed by atoms with Crippen LogP contribution in [0.5, 0.6) is 0 Å². The first kappa shape index (κ1) is 20.2. The topological polar surface area (TPSA) is 42.4 Å². The number of alkyl halides is 3. The van der Waals surface area contributed by atoms with Gasteiger partial charge in [0.05, 0.1) is 28.7 Å². The van der Waals surface area contributed by atoms with E-state index in [1.807, 2.05) is 54.1 Å². The van der Waals surface area contributed by atoms with Crippen molar-refractivity contribution in [1.29, 1.82) is 0 Å². The highest BCUT2D eigenvalue weighted by Gasteiger charge is 2.30. The van der Waals surface area contributed by atoms with Gasteiger partial charge in [0, 0.05) is 17.5 Å². The zero-order chi connectivity index (χ0) is 22.3. The summed E-state index contributed by atoms with van der Waals surface area (Å²) >= 11 is 0. The summed E-state index contributed by atoms with van der Waals surface area (Å²) in [5, 5.41) is 8.80. The Bertz CT molecular complexity index is 1310. The largest absolute Gasteiger partial charge is 0.484 e. The van der Waals surface area contributed by atoms with Gasteiger partial charge >= 0.3 is 6.18 Å². The Balaban J connectivity index is 1.47. The Hall–Kier alpha value is -3.74. The van der Waals surface area contributed by atoms with Gasteiger partial charge < -0.3 is 10.1 Å². The SMILES string of the molecule is Cc1ccc(-n2ncc3c(C(NCc4cccc(C(F)(F)F)c4)=C4CO4)cccc32)cc1. The standard InChI is InChI=1S/C25H20F3N3O/c1-16-8-10-19(11-9-16)31-22-7-3-6-20(21(22)14-30-31)24(23-15-32-23)29-13-17-4-2-5-18(12-17)25(26,27)28/h2-12,14,29H,13,15H2,1H3. The Labute approximate surface area is 182 Å². The predicted molar refractivity (Wildman–Crippen MR) is 117 cm³/mol. The van der Waals surface area contributed by atoms with Crippen molar-refractivity contribution in [3.63, 3.8) is 0 Å². The number of epoxide rings is 1. The minimum Gasteiger partial charge on any atom is -0.484 e. The lowest BCUT2D eigenvalue weighted by atomic mass is 10.1. The Morgan fingerprint density at radius 2 is 1.81 bits per heavy atom. The summed E-state index contributed by atoms with van der Waals surface area (Å²) in [6, 6.07) is 19.4. The number of nitrogens with zero attached hydrogens (tertiary/aromatic N) is 2. The van der Waals surface area contributed by atoms with E-state index in [-0.39, 0.29) is 6.54 Å². The summed E-state index contributed by atoms with van der Waals surface area (Å²) in [6.07, 6.45) is -2.56. The number of ether oxygens (including phenoxy) is 1. The first-order chi connectivity index (χ1) is 15.4. The van der Waals surface area contributed by atoms with Crippen LogP contribution in [0.1, 0.15) is 22.3 Å². The van der Waals surface area contributed by atoms with Gasteiger partial charge in [-0.1, -0.05) is 42.0 Å². The van der Waals surface area contributed by atoms with Crippen molar-refractivity contribution >= 4 is 16.6 Å². The van der Waals surface area contributed by atoms with Crippen LogP contribution in [0.2, 0.25) is 0 Å². The first-order valence-electron chi connectivity index (χ1n) is 10.2. The van der Waals surface area contributed by atoms with Crippen molar-refractivity contribution < 1.29 is 17.9 Å². The van der Waals surface area contributed by atoms with Crippen LogP contribution in [0.4, 0.5) is 13.2 Å². The third-order valence-corrected chi connectivity index (χ3v) is 5.45. The van der Waals surface area contributed by atoms with Gasteiger partial charge in [-0.05, 0) is 42.8 Å². The van der Waals surface area contributed by atoms with Crippen LogP contribution in [0.3, 0.4) is 0 Å². The molecule has 0 unspecified atom stereocenters. The van der Waals surface area contributed by atoms with Gasteiger partial charge in [-0.25, -0.2) is 4.68 Å². The van der Waals surface area contributed by atoms with Crippen molar-refractivity contribution in [3.05, 3.63) is 101 Å². The van der Waals surface area contributed by atoms with Crippen LogP contribution >= 0.6 is 0 Å². The summed E-state index contributed by atoms with van der Waals surface area (Å²) in [7, 11) is 0.